The molecule has 186 valence electrons. The number of pyridine rings is 1. The van der Waals surface area contributed by atoms with Gasteiger partial charge in [-0.15, -0.1) is 0 Å². The molecule has 2 aliphatic rings. The molecule has 1 aliphatic carbocycles. The highest BCUT2D eigenvalue weighted by Gasteiger charge is 2.51. The van der Waals surface area contributed by atoms with Crippen LogP contribution in [0.3, 0.4) is 0 Å². The van der Waals surface area contributed by atoms with Gasteiger partial charge in [0.1, 0.15) is 11.5 Å². The van der Waals surface area contributed by atoms with Crippen LogP contribution in [-0.2, 0) is 16.4 Å². The lowest BCUT2D eigenvalue weighted by atomic mass is 9.65. The molecule has 0 radical (unpaired) electrons. The minimum absolute atomic E-state index is 0.00658. The summed E-state index contributed by atoms with van der Waals surface area (Å²) in [7, 11) is -3.81. The summed E-state index contributed by atoms with van der Waals surface area (Å²) in [4.78, 5) is 18.6. The van der Waals surface area contributed by atoms with E-state index >= 15 is 0 Å². The van der Waals surface area contributed by atoms with Crippen molar-refractivity contribution in [2.75, 3.05) is 13.1 Å². The van der Waals surface area contributed by atoms with Gasteiger partial charge in [0.25, 0.3) is 0 Å². The highest BCUT2D eigenvalue weighted by molar-refractivity contribution is 7.89. The minimum atomic E-state index is -3.81. The Labute approximate surface area is 213 Å². The third-order valence-electron chi connectivity index (χ3n) is 7.17. The van der Waals surface area contributed by atoms with Gasteiger partial charge >= 0.3 is 0 Å². The van der Waals surface area contributed by atoms with E-state index in [9.17, 15) is 17.6 Å². The molecule has 1 saturated heterocycles. The van der Waals surface area contributed by atoms with Crippen LogP contribution < -0.4 is 0 Å². The van der Waals surface area contributed by atoms with Crippen LogP contribution in [0.1, 0.15) is 28.2 Å². The Balaban J connectivity index is 1.46. The lowest BCUT2D eigenvalue weighted by Crippen LogP contribution is -2.53. The largest absolute Gasteiger partial charge is 0.291 e. The number of rotatable bonds is 5. The van der Waals surface area contributed by atoms with E-state index in [4.69, 9.17) is 0 Å². The molecule has 0 amide bonds. The van der Waals surface area contributed by atoms with Crippen molar-refractivity contribution in [1.82, 2.24) is 19.1 Å². The third kappa shape index (κ3) is 3.91. The Morgan fingerprint density at radius 3 is 2.46 bits per heavy atom. The van der Waals surface area contributed by atoms with Crippen LogP contribution in [0.25, 0.3) is 11.8 Å². The zero-order valence-corrected chi connectivity index (χ0v) is 20.6. The molecule has 2 aromatic carbocycles. The first-order valence-electron chi connectivity index (χ1n) is 11.9. The number of Topliss-reactive ketones (excluding diaryl/α,β-unsaturated/α-hetero) is 1. The van der Waals surface area contributed by atoms with Crippen LogP contribution in [0.5, 0.6) is 0 Å². The SMILES string of the molecule is O=C(c1ccccn1)C12Cc3cnn(-c4ccc(F)cc4)c3C=C1CCN(S(=O)(=O)c1ccccc1)C2. The van der Waals surface area contributed by atoms with Crippen molar-refractivity contribution in [3.05, 3.63) is 114 Å². The van der Waals surface area contributed by atoms with E-state index in [1.165, 1.54) is 16.4 Å². The van der Waals surface area contributed by atoms with E-state index in [2.05, 4.69) is 10.1 Å². The molecule has 4 aromatic rings. The number of fused-ring (bicyclic) bond motifs is 2. The van der Waals surface area contributed by atoms with Gasteiger partial charge in [-0.2, -0.15) is 9.40 Å². The Bertz CT molecular complexity index is 1620. The minimum Gasteiger partial charge on any atom is -0.291 e. The molecule has 37 heavy (non-hydrogen) atoms. The van der Waals surface area contributed by atoms with Crippen LogP contribution in [0, 0.1) is 11.2 Å². The van der Waals surface area contributed by atoms with Crippen LogP contribution in [0.2, 0.25) is 0 Å². The molecule has 1 unspecified atom stereocenters. The zero-order chi connectivity index (χ0) is 25.6. The summed E-state index contributed by atoms with van der Waals surface area (Å²) < 4.78 is 43.8. The fraction of sp³-hybridized carbons (Fsp3) is 0.179. The smallest absolute Gasteiger partial charge is 0.243 e. The summed E-state index contributed by atoms with van der Waals surface area (Å²) in [5, 5.41) is 4.53. The Morgan fingerprint density at radius 1 is 0.973 bits per heavy atom. The highest BCUT2D eigenvalue weighted by Crippen LogP contribution is 2.47. The first-order valence-corrected chi connectivity index (χ1v) is 13.4. The van der Waals surface area contributed by atoms with E-state index in [0.29, 0.717) is 17.8 Å². The number of carbonyl (C=O) groups is 1. The van der Waals surface area contributed by atoms with Gasteiger partial charge in [0.2, 0.25) is 10.0 Å². The molecule has 6 rings (SSSR count). The molecule has 9 heteroatoms. The quantitative estimate of drug-likeness (QED) is 0.371. The maximum Gasteiger partial charge on any atom is 0.243 e. The van der Waals surface area contributed by atoms with E-state index in [1.54, 1.807) is 77.7 Å². The van der Waals surface area contributed by atoms with Gasteiger partial charge in [0.05, 0.1) is 27.9 Å². The van der Waals surface area contributed by atoms with Gasteiger partial charge in [-0.1, -0.05) is 29.8 Å². The number of piperidine rings is 1. The highest BCUT2D eigenvalue weighted by atomic mass is 32.2. The lowest BCUT2D eigenvalue weighted by molar-refractivity contribution is 0.0770. The van der Waals surface area contributed by atoms with E-state index in [1.807, 2.05) is 6.08 Å². The Kier molecular flexibility index (Phi) is 5.62. The Hall–Kier alpha value is -3.95. The summed E-state index contributed by atoms with van der Waals surface area (Å²) in [6.07, 6.45) is 5.88. The van der Waals surface area contributed by atoms with Gasteiger partial charge in [-0.25, -0.2) is 17.5 Å². The molecular weight excluding hydrogens is 491 g/mol. The third-order valence-corrected chi connectivity index (χ3v) is 9.02. The average molecular weight is 515 g/mol. The molecule has 0 N–H and O–H groups in total. The first kappa shape index (κ1) is 23.4. The number of carbonyl (C=O) groups excluding carboxylic acids is 1. The van der Waals surface area contributed by atoms with Crippen molar-refractivity contribution < 1.29 is 17.6 Å². The zero-order valence-electron chi connectivity index (χ0n) is 19.8. The van der Waals surface area contributed by atoms with Gasteiger partial charge < -0.3 is 0 Å². The molecule has 1 fully saturated rings. The number of halogens is 1. The summed E-state index contributed by atoms with van der Waals surface area (Å²) in [5.41, 5.74) is 2.35. The second kappa shape index (κ2) is 8.86. The van der Waals surface area contributed by atoms with Crippen molar-refractivity contribution in [2.45, 2.75) is 17.7 Å². The number of hydrogen-bond acceptors (Lipinski definition) is 5. The average Bonchev–Trinajstić information content (AvgIpc) is 3.34. The standard InChI is InChI=1S/C28H23FN4O3S/c29-22-9-11-23(12-10-22)33-26-16-21-13-15-32(37(35,36)24-6-2-1-3-7-24)19-28(21,17-20(26)18-31-33)27(34)25-8-4-5-14-30-25/h1-12,14,16,18H,13,15,17,19H2. The van der Waals surface area contributed by atoms with E-state index in [0.717, 1.165) is 16.8 Å². The molecule has 2 aromatic heterocycles. The Morgan fingerprint density at radius 2 is 1.73 bits per heavy atom. The van der Waals surface area contributed by atoms with Crippen molar-refractivity contribution >= 4 is 21.9 Å². The summed E-state index contributed by atoms with van der Waals surface area (Å²) in [6, 6.07) is 19.5. The molecule has 0 spiro atoms. The van der Waals surface area contributed by atoms with Crippen LogP contribution in [-0.4, -0.2) is 46.4 Å². The van der Waals surface area contributed by atoms with Crippen molar-refractivity contribution in [1.29, 1.82) is 0 Å². The molecule has 0 bridgehead atoms. The molecular formula is C28H23FN4O3S. The number of sulfonamides is 1. The van der Waals surface area contributed by atoms with Gasteiger partial charge in [-0.3, -0.25) is 9.78 Å². The fourth-order valence-electron chi connectivity index (χ4n) is 5.29. The number of hydrogen-bond donors (Lipinski definition) is 0. The van der Waals surface area contributed by atoms with Crippen molar-refractivity contribution in [3.8, 4) is 5.69 Å². The molecule has 3 heterocycles. The summed E-state index contributed by atoms with van der Waals surface area (Å²) in [5.74, 6) is -0.553. The molecule has 1 aliphatic heterocycles. The van der Waals surface area contributed by atoms with Crippen molar-refractivity contribution in [2.24, 2.45) is 5.41 Å². The maximum atomic E-state index is 14.1. The second-order valence-electron chi connectivity index (χ2n) is 9.32. The predicted octanol–water partition coefficient (Wildman–Crippen LogP) is 4.31. The predicted molar refractivity (Wildman–Crippen MR) is 136 cm³/mol. The molecule has 7 nitrogen and oxygen atoms in total. The first-order chi connectivity index (χ1) is 17.9. The summed E-state index contributed by atoms with van der Waals surface area (Å²) >= 11 is 0. The number of benzene rings is 2. The maximum absolute atomic E-state index is 14.1. The lowest BCUT2D eigenvalue weighted by Gasteiger charge is -2.44. The van der Waals surface area contributed by atoms with Crippen LogP contribution in [0.15, 0.2) is 95.7 Å². The van der Waals surface area contributed by atoms with Gasteiger partial charge in [-0.05, 0) is 73.0 Å². The van der Waals surface area contributed by atoms with Crippen LogP contribution in [0.4, 0.5) is 4.39 Å². The normalized spacial score (nSPS) is 19.5. The number of nitrogens with zero attached hydrogens (tertiary/aromatic N) is 4. The van der Waals surface area contributed by atoms with Gasteiger partial charge in [0.15, 0.2) is 5.78 Å². The topological polar surface area (TPSA) is 85.2 Å². The fourth-order valence-corrected chi connectivity index (χ4v) is 6.81. The molecule has 1 atom stereocenters. The van der Waals surface area contributed by atoms with Gasteiger partial charge in [0, 0.05) is 19.3 Å². The monoisotopic (exact) mass is 514 g/mol. The van der Waals surface area contributed by atoms with Crippen molar-refractivity contribution in [3.63, 3.8) is 0 Å². The van der Waals surface area contributed by atoms with Crippen LogP contribution >= 0.6 is 0 Å². The summed E-state index contributed by atoms with van der Waals surface area (Å²) in [6.45, 7) is 0.257. The molecule has 0 saturated carbocycles. The van der Waals surface area contributed by atoms with E-state index < -0.39 is 15.4 Å². The van der Waals surface area contributed by atoms with E-state index in [-0.39, 0.29) is 36.0 Å². The second-order valence-corrected chi connectivity index (χ2v) is 11.3. The number of ketones is 1. The number of aromatic nitrogens is 3.